The zero-order valence-corrected chi connectivity index (χ0v) is 17.6. The Morgan fingerprint density at radius 1 is 1.14 bits per heavy atom. The number of ether oxygens (including phenoxy) is 1. The third-order valence-electron chi connectivity index (χ3n) is 7.21. The number of fused-ring (bicyclic) bond motifs is 1. The van der Waals surface area contributed by atoms with Crippen LogP contribution in [-0.4, -0.2) is 54.8 Å². The van der Waals surface area contributed by atoms with E-state index in [4.69, 9.17) is 9.84 Å². The fourth-order valence-electron chi connectivity index (χ4n) is 5.46. The normalized spacial score (nSPS) is 25.4. The molecular weight excluding hydrogens is 364 g/mol. The van der Waals surface area contributed by atoms with Gasteiger partial charge in [0.2, 0.25) is 5.91 Å². The van der Waals surface area contributed by atoms with Crippen molar-refractivity contribution in [2.75, 3.05) is 32.8 Å². The summed E-state index contributed by atoms with van der Waals surface area (Å²) in [5.41, 5.74) is 3.01. The van der Waals surface area contributed by atoms with Crippen LogP contribution in [0.3, 0.4) is 0 Å². The van der Waals surface area contributed by atoms with Crippen molar-refractivity contribution in [2.24, 2.45) is 5.92 Å². The van der Waals surface area contributed by atoms with Gasteiger partial charge in [-0.05, 0) is 88.0 Å². The summed E-state index contributed by atoms with van der Waals surface area (Å²) < 4.78 is 5.75. The summed E-state index contributed by atoms with van der Waals surface area (Å²) >= 11 is 0. The minimum Gasteiger partial charge on any atom is -0.493 e. The molecule has 2 aliphatic heterocycles. The Balaban J connectivity index is 1.16. The first kappa shape index (κ1) is 20.7. The predicted octanol–water partition coefficient (Wildman–Crippen LogP) is 3.25. The molecule has 1 aliphatic carbocycles. The lowest BCUT2D eigenvalue weighted by Gasteiger charge is -2.35. The number of benzene rings is 1. The molecule has 0 spiro atoms. The number of carbonyl (C=O) groups excluding carboxylic acids is 1. The lowest BCUT2D eigenvalue weighted by atomic mass is 9.83. The number of aliphatic hydroxyl groups is 1. The first-order valence-electron chi connectivity index (χ1n) is 11.6. The van der Waals surface area contributed by atoms with Gasteiger partial charge in [0.05, 0.1) is 13.2 Å². The highest BCUT2D eigenvalue weighted by atomic mass is 16.5. The highest BCUT2D eigenvalue weighted by Gasteiger charge is 2.27. The van der Waals surface area contributed by atoms with Crippen LogP contribution >= 0.6 is 0 Å². The molecule has 0 aromatic heterocycles. The summed E-state index contributed by atoms with van der Waals surface area (Å²) in [5, 5.41) is 11.9. The second-order valence-corrected chi connectivity index (χ2v) is 9.09. The van der Waals surface area contributed by atoms with Gasteiger partial charge in [0, 0.05) is 24.4 Å². The van der Waals surface area contributed by atoms with Crippen LogP contribution in [0, 0.1) is 5.92 Å². The summed E-state index contributed by atoms with van der Waals surface area (Å²) in [4.78, 5) is 14.3. The van der Waals surface area contributed by atoms with Crippen LogP contribution in [-0.2, 0) is 11.2 Å². The van der Waals surface area contributed by atoms with Gasteiger partial charge in [0.15, 0.2) is 0 Å². The number of carbonyl (C=O) groups is 1. The number of amides is 1. The van der Waals surface area contributed by atoms with E-state index in [9.17, 15) is 4.79 Å². The summed E-state index contributed by atoms with van der Waals surface area (Å²) in [5.74, 6) is 2.61. The Morgan fingerprint density at radius 2 is 1.93 bits per heavy atom. The summed E-state index contributed by atoms with van der Waals surface area (Å²) in [6.45, 7) is 4.43. The third kappa shape index (κ3) is 5.32. The minimum atomic E-state index is -0.0571. The molecule has 0 bridgehead atoms. The monoisotopic (exact) mass is 400 g/mol. The van der Waals surface area contributed by atoms with E-state index < -0.39 is 0 Å². The second-order valence-electron chi connectivity index (χ2n) is 9.09. The zero-order valence-electron chi connectivity index (χ0n) is 17.6. The van der Waals surface area contributed by atoms with Crippen molar-refractivity contribution in [3.8, 4) is 5.75 Å². The van der Waals surface area contributed by atoms with Gasteiger partial charge in [-0.1, -0.05) is 12.1 Å². The summed E-state index contributed by atoms with van der Waals surface area (Å²) in [7, 11) is 0. The maximum Gasteiger partial charge on any atom is 0.222 e. The topological polar surface area (TPSA) is 61.8 Å². The van der Waals surface area contributed by atoms with Crippen LogP contribution in [0.15, 0.2) is 18.2 Å². The first-order valence-corrected chi connectivity index (χ1v) is 11.6. The molecule has 2 heterocycles. The average Bonchev–Trinajstić information content (AvgIpc) is 3.23. The smallest absolute Gasteiger partial charge is 0.222 e. The lowest BCUT2D eigenvalue weighted by molar-refractivity contribution is -0.122. The molecule has 5 nitrogen and oxygen atoms in total. The molecule has 29 heavy (non-hydrogen) atoms. The van der Waals surface area contributed by atoms with Crippen LogP contribution in [0.25, 0.3) is 0 Å². The van der Waals surface area contributed by atoms with Crippen molar-refractivity contribution in [1.82, 2.24) is 10.2 Å². The Hall–Kier alpha value is -1.59. The molecule has 3 aliphatic rings. The quantitative estimate of drug-likeness (QED) is 0.738. The molecule has 0 radical (unpaired) electrons. The number of hydrogen-bond acceptors (Lipinski definition) is 4. The largest absolute Gasteiger partial charge is 0.493 e. The van der Waals surface area contributed by atoms with Gasteiger partial charge in [-0.2, -0.15) is 0 Å². The number of aliphatic hydroxyl groups excluding tert-OH is 1. The van der Waals surface area contributed by atoms with E-state index in [1.807, 2.05) is 0 Å². The number of nitrogens with zero attached hydrogens (tertiary/aromatic N) is 1. The molecule has 5 heteroatoms. The standard InChI is InChI=1S/C24H36N2O3/c27-16-11-24(28)25-20-6-4-18(5-7-20)8-13-26-14-9-19(10-15-26)21-2-1-3-23-22(21)12-17-29-23/h1-3,18-20,27H,4-17H2,(H,25,28). The Morgan fingerprint density at radius 3 is 2.69 bits per heavy atom. The molecule has 160 valence electrons. The van der Waals surface area contributed by atoms with Gasteiger partial charge < -0.3 is 20.1 Å². The molecule has 2 N–H and O–H groups in total. The molecule has 4 rings (SSSR count). The summed E-state index contributed by atoms with van der Waals surface area (Å²) in [6.07, 6.45) is 9.74. The maximum atomic E-state index is 11.6. The molecule has 2 fully saturated rings. The Bertz CT molecular complexity index is 677. The van der Waals surface area contributed by atoms with Gasteiger partial charge in [-0.15, -0.1) is 0 Å². The molecule has 1 aromatic carbocycles. The molecule has 1 amide bonds. The molecular formula is C24H36N2O3. The van der Waals surface area contributed by atoms with E-state index in [1.54, 1.807) is 5.56 Å². The number of nitrogens with one attached hydrogen (secondary N) is 1. The van der Waals surface area contributed by atoms with E-state index >= 15 is 0 Å². The number of rotatable bonds is 7. The lowest BCUT2D eigenvalue weighted by Crippen LogP contribution is -2.39. The van der Waals surface area contributed by atoms with Crippen molar-refractivity contribution in [3.05, 3.63) is 29.3 Å². The van der Waals surface area contributed by atoms with Crippen LogP contribution < -0.4 is 10.1 Å². The molecule has 1 saturated carbocycles. The van der Waals surface area contributed by atoms with Gasteiger partial charge >= 0.3 is 0 Å². The Labute approximate surface area is 174 Å². The average molecular weight is 401 g/mol. The minimum absolute atomic E-state index is 0.00515. The highest BCUT2D eigenvalue weighted by molar-refractivity contribution is 5.76. The third-order valence-corrected chi connectivity index (χ3v) is 7.21. The number of hydrogen-bond donors (Lipinski definition) is 2. The van der Waals surface area contributed by atoms with Gasteiger partial charge in [-0.25, -0.2) is 0 Å². The fraction of sp³-hybridized carbons (Fsp3) is 0.708. The Kier molecular flexibility index (Phi) is 7.09. The fourth-order valence-corrected chi connectivity index (χ4v) is 5.46. The van der Waals surface area contributed by atoms with Crippen molar-refractivity contribution >= 4 is 5.91 Å². The van der Waals surface area contributed by atoms with E-state index in [0.717, 1.165) is 37.5 Å². The van der Waals surface area contributed by atoms with Crippen molar-refractivity contribution in [1.29, 1.82) is 0 Å². The summed E-state index contributed by atoms with van der Waals surface area (Å²) in [6, 6.07) is 6.92. The second kappa shape index (κ2) is 9.94. The van der Waals surface area contributed by atoms with Gasteiger partial charge in [0.25, 0.3) is 0 Å². The van der Waals surface area contributed by atoms with Crippen LogP contribution in [0.4, 0.5) is 0 Å². The van der Waals surface area contributed by atoms with E-state index in [2.05, 4.69) is 28.4 Å². The van der Waals surface area contributed by atoms with Gasteiger partial charge in [0.1, 0.15) is 5.75 Å². The van der Waals surface area contributed by atoms with E-state index in [0.29, 0.717) is 12.0 Å². The van der Waals surface area contributed by atoms with Crippen LogP contribution in [0.2, 0.25) is 0 Å². The van der Waals surface area contributed by atoms with E-state index in [1.165, 1.54) is 57.3 Å². The maximum absolute atomic E-state index is 11.6. The van der Waals surface area contributed by atoms with Crippen LogP contribution in [0.1, 0.15) is 68.4 Å². The van der Waals surface area contributed by atoms with Crippen molar-refractivity contribution < 1.29 is 14.6 Å². The molecule has 1 aromatic rings. The number of piperidine rings is 1. The predicted molar refractivity (Wildman–Crippen MR) is 114 cm³/mol. The van der Waals surface area contributed by atoms with Crippen molar-refractivity contribution in [2.45, 2.75) is 69.7 Å². The van der Waals surface area contributed by atoms with Gasteiger partial charge in [-0.3, -0.25) is 4.79 Å². The van der Waals surface area contributed by atoms with E-state index in [-0.39, 0.29) is 18.9 Å². The molecule has 1 saturated heterocycles. The number of likely N-dealkylation sites (tertiary alicyclic amines) is 1. The van der Waals surface area contributed by atoms with Crippen LogP contribution in [0.5, 0.6) is 5.75 Å². The molecule has 0 unspecified atom stereocenters. The molecule has 0 atom stereocenters. The SMILES string of the molecule is O=C(CCO)NC1CCC(CCN2CCC(c3cccc4c3CCO4)CC2)CC1. The zero-order chi connectivity index (χ0) is 20.1. The highest BCUT2D eigenvalue weighted by Crippen LogP contribution is 2.37. The van der Waals surface area contributed by atoms with Crippen molar-refractivity contribution in [3.63, 3.8) is 0 Å². The first-order chi connectivity index (χ1) is 14.2.